The first-order chi connectivity index (χ1) is 11.1. The molecular weight excluding hydrogens is 314 g/mol. The molecular formula is C15H21N5O2S. The van der Waals surface area contributed by atoms with Crippen molar-refractivity contribution in [2.45, 2.75) is 13.0 Å². The summed E-state index contributed by atoms with van der Waals surface area (Å²) in [6.45, 7) is 5.74. The molecule has 1 aromatic carbocycles. The predicted molar refractivity (Wildman–Crippen MR) is 91.4 cm³/mol. The fourth-order valence-corrected chi connectivity index (χ4v) is 3.51. The van der Waals surface area contributed by atoms with Gasteiger partial charge in [0.2, 0.25) is 10.3 Å². The summed E-state index contributed by atoms with van der Waals surface area (Å²) in [5, 5.41) is 32.2. The van der Waals surface area contributed by atoms with Gasteiger partial charge in [0.05, 0.1) is 0 Å². The van der Waals surface area contributed by atoms with Crippen LogP contribution in [-0.2, 0) is 0 Å². The first-order valence-electron chi connectivity index (χ1n) is 7.60. The van der Waals surface area contributed by atoms with Crippen molar-refractivity contribution in [1.82, 2.24) is 15.1 Å². The van der Waals surface area contributed by atoms with Crippen molar-refractivity contribution >= 4 is 21.6 Å². The van der Waals surface area contributed by atoms with E-state index >= 15 is 0 Å². The molecule has 1 unspecified atom stereocenters. The van der Waals surface area contributed by atoms with Crippen LogP contribution in [0.3, 0.4) is 0 Å². The number of benzene rings is 1. The van der Waals surface area contributed by atoms with Crippen molar-refractivity contribution < 1.29 is 10.2 Å². The van der Waals surface area contributed by atoms with Gasteiger partial charge in [0.25, 0.3) is 0 Å². The van der Waals surface area contributed by atoms with Crippen LogP contribution >= 0.6 is 11.3 Å². The molecule has 8 heteroatoms. The molecule has 2 heterocycles. The van der Waals surface area contributed by atoms with Crippen LogP contribution in [0.1, 0.15) is 18.5 Å². The summed E-state index contributed by atoms with van der Waals surface area (Å²) in [7, 11) is 1.84. The van der Waals surface area contributed by atoms with E-state index < -0.39 is 0 Å². The summed E-state index contributed by atoms with van der Waals surface area (Å²) < 4.78 is 0. The van der Waals surface area contributed by atoms with Crippen LogP contribution in [0.2, 0.25) is 0 Å². The van der Waals surface area contributed by atoms with Gasteiger partial charge in [-0.15, -0.1) is 10.2 Å². The van der Waals surface area contributed by atoms with Gasteiger partial charge < -0.3 is 20.4 Å². The molecule has 1 aromatic heterocycles. The van der Waals surface area contributed by atoms with E-state index in [1.807, 2.05) is 13.1 Å². The summed E-state index contributed by atoms with van der Waals surface area (Å²) in [6, 6.07) is 5.22. The van der Waals surface area contributed by atoms with Gasteiger partial charge in [-0.05, 0) is 24.6 Å². The van der Waals surface area contributed by atoms with Crippen LogP contribution in [0.4, 0.5) is 10.3 Å². The maximum Gasteiger partial charge on any atom is 0.210 e. The highest BCUT2D eigenvalue weighted by atomic mass is 32.1. The topological polar surface area (TPSA) is 84.8 Å². The van der Waals surface area contributed by atoms with Crippen LogP contribution in [0, 0.1) is 0 Å². The Morgan fingerprint density at radius 1 is 1.13 bits per heavy atom. The number of aromatic hydroxyl groups is 2. The molecule has 0 bridgehead atoms. The maximum absolute atomic E-state index is 9.67. The summed E-state index contributed by atoms with van der Waals surface area (Å²) in [4.78, 5) is 4.61. The van der Waals surface area contributed by atoms with E-state index in [4.69, 9.17) is 0 Å². The van der Waals surface area contributed by atoms with Gasteiger partial charge >= 0.3 is 0 Å². The number of hydrogen-bond donors (Lipinski definition) is 3. The Hall–Kier alpha value is -2.06. The van der Waals surface area contributed by atoms with Gasteiger partial charge in [0, 0.05) is 39.3 Å². The van der Waals surface area contributed by atoms with Gasteiger partial charge in [-0.2, -0.15) is 0 Å². The highest BCUT2D eigenvalue weighted by Crippen LogP contribution is 2.31. The number of rotatable bonds is 4. The Kier molecular flexibility index (Phi) is 4.53. The molecule has 0 spiro atoms. The van der Waals surface area contributed by atoms with Gasteiger partial charge in [0.15, 0.2) is 11.5 Å². The number of phenols is 2. The lowest BCUT2D eigenvalue weighted by atomic mass is 10.1. The molecule has 1 atom stereocenters. The Balaban J connectivity index is 1.62. The van der Waals surface area contributed by atoms with E-state index in [1.165, 1.54) is 6.07 Å². The van der Waals surface area contributed by atoms with E-state index in [2.05, 4.69) is 32.2 Å². The highest BCUT2D eigenvalue weighted by molar-refractivity contribution is 7.19. The van der Waals surface area contributed by atoms with Gasteiger partial charge in [-0.3, -0.25) is 4.90 Å². The third kappa shape index (κ3) is 3.32. The van der Waals surface area contributed by atoms with Gasteiger partial charge in [0.1, 0.15) is 0 Å². The van der Waals surface area contributed by atoms with Gasteiger partial charge in [-0.25, -0.2) is 0 Å². The third-order valence-electron chi connectivity index (χ3n) is 4.24. The number of piperazine rings is 1. The maximum atomic E-state index is 9.67. The molecule has 3 rings (SSSR count). The fourth-order valence-electron chi connectivity index (χ4n) is 2.76. The molecule has 1 aliphatic heterocycles. The van der Waals surface area contributed by atoms with E-state index in [9.17, 15) is 10.2 Å². The van der Waals surface area contributed by atoms with Gasteiger partial charge in [-0.1, -0.05) is 17.4 Å². The van der Waals surface area contributed by atoms with Crippen LogP contribution in [0.15, 0.2) is 18.2 Å². The SMILES string of the molecule is CNc1nnc(N2CCN(C(C)c3ccc(O)c(O)c3)CC2)s1. The molecule has 124 valence electrons. The summed E-state index contributed by atoms with van der Waals surface area (Å²) in [5.74, 6) is -0.149. The second kappa shape index (κ2) is 6.59. The zero-order chi connectivity index (χ0) is 16.4. The van der Waals surface area contributed by atoms with Crippen molar-refractivity contribution in [2.24, 2.45) is 0 Å². The molecule has 7 nitrogen and oxygen atoms in total. The van der Waals surface area contributed by atoms with Crippen LogP contribution < -0.4 is 10.2 Å². The Morgan fingerprint density at radius 2 is 1.87 bits per heavy atom. The number of phenolic OH excluding ortho intramolecular Hbond substituents is 2. The molecule has 0 aliphatic carbocycles. The predicted octanol–water partition coefficient (Wildman–Crippen LogP) is 1.87. The quantitative estimate of drug-likeness (QED) is 0.736. The lowest BCUT2D eigenvalue weighted by molar-refractivity contribution is 0.198. The molecule has 1 aliphatic rings. The van der Waals surface area contributed by atoms with E-state index in [1.54, 1.807) is 17.4 Å². The lowest BCUT2D eigenvalue weighted by Gasteiger charge is -2.38. The monoisotopic (exact) mass is 335 g/mol. The average molecular weight is 335 g/mol. The van der Waals surface area contributed by atoms with E-state index in [0.29, 0.717) is 0 Å². The lowest BCUT2D eigenvalue weighted by Crippen LogP contribution is -2.47. The molecule has 23 heavy (non-hydrogen) atoms. The van der Waals surface area contributed by atoms with Crippen molar-refractivity contribution in [3.63, 3.8) is 0 Å². The zero-order valence-corrected chi connectivity index (χ0v) is 14.0. The molecule has 3 N–H and O–H groups in total. The van der Waals surface area contributed by atoms with Crippen LogP contribution in [-0.4, -0.2) is 58.5 Å². The Morgan fingerprint density at radius 3 is 2.48 bits per heavy atom. The molecule has 0 radical (unpaired) electrons. The number of hydrogen-bond acceptors (Lipinski definition) is 8. The average Bonchev–Trinajstić information content (AvgIpc) is 3.06. The number of nitrogens with zero attached hydrogens (tertiary/aromatic N) is 4. The molecule has 0 amide bonds. The summed E-state index contributed by atoms with van der Waals surface area (Å²) in [5.41, 5.74) is 1.00. The highest BCUT2D eigenvalue weighted by Gasteiger charge is 2.24. The van der Waals surface area contributed by atoms with Crippen molar-refractivity contribution in [3.05, 3.63) is 23.8 Å². The van der Waals surface area contributed by atoms with Crippen LogP contribution in [0.5, 0.6) is 11.5 Å². The molecule has 0 saturated carbocycles. The molecule has 1 fully saturated rings. The van der Waals surface area contributed by atoms with Crippen LogP contribution in [0.25, 0.3) is 0 Å². The largest absolute Gasteiger partial charge is 0.504 e. The van der Waals surface area contributed by atoms with E-state index in [0.717, 1.165) is 42.0 Å². The summed E-state index contributed by atoms with van der Waals surface area (Å²) >= 11 is 1.56. The number of aromatic nitrogens is 2. The number of anilines is 2. The Bertz CT molecular complexity index is 670. The second-order valence-electron chi connectivity index (χ2n) is 5.59. The van der Waals surface area contributed by atoms with Crippen molar-refractivity contribution in [2.75, 3.05) is 43.4 Å². The Labute approximate surface area is 139 Å². The van der Waals surface area contributed by atoms with Crippen molar-refractivity contribution in [1.29, 1.82) is 0 Å². The second-order valence-corrected chi connectivity index (χ2v) is 6.54. The minimum absolute atomic E-state index is 0.0681. The first kappa shape index (κ1) is 15.8. The standard InChI is InChI=1S/C15H21N5O2S/c1-10(11-3-4-12(21)13(22)9-11)19-5-7-20(8-6-19)15-18-17-14(16-2)23-15/h3-4,9-10,21-22H,5-8H2,1-2H3,(H,16,17). The molecule has 1 saturated heterocycles. The van der Waals surface area contributed by atoms with Crippen molar-refractivity contribution in [3.8, 4) is 11.5 Å². The normalized spacial score (nSPS) is 17.2. The minimum atomic E-state index is -0.0811. The first-order valence-corrected chi connectivity index (χ1v) is 8.42. The summed E-state index contributed by atoms with van der Waals surface area (Å²) in [6.07, 6.45) is 0. The van der Waals surface area contributed by atoms with E-state index in [-0.39, 0.29) is 17.5 Å². The minimum Gasteiger partial charge on any atom is -0.504 e. The number of nitrogens with one attached hydrogen (secondary N) is 1. The third-order valence-corrected chi connectivity index (χ3v) is 5.24. The molecule has 2 aromatic rings. The smallest absolute Gasteiger partial charge is 0.210 e. The fraction of sp³-hybridized carbons (Fsp3) is 0.467. The zero-order valence-electron chi connectivity index (χ0n) is 13.2.